The second-order valence-electron chi connectivity index (χ2n) is 7.93. The van der Waals surface area contributed by atoms with Gasteiger partial charge in [-0.3, -0.25) is 14.2 Å². The highest BCUT2D eigenvalue weighted by Crippen LogP contribution is 2.21. The topological polar surface area (TPSA) is 88.9 Å². The van der Waals surface area contributed by atoms with Crippen LogP contribution in [-0.4, -0.2) is 26.3 Å². The lowest BCUT2D eigenvalue weighted by atomic mass is 10.1. The summed E-state index contributed by atoms with van der Waals surface area (Å²) < 4.78 is 15.8. The average Bonchev–Trinajstić information content (AvgIpc) is 3.30. The van der Waals surface area contributed by atoms with E-state index in [2.05, 4.69) is 20.6 Å². The Morgan fingerprint density at radius 2 is 1.66 bits per heavy atom. The fraction of sp³-hybridized carbons (Fsp3) is 0.0370. The van der Waals surface area contributed by atoms with Crippen LogP contribution in [0.15, 0.2) is 91.4 Å². The maximum Gasteiger partial charge on any atom is 0.258 e. The van der Waals surface area contributed by atoms with Gasteiger partial charge < -0.3 is 10.6 Å². The number of carbonyl (C=O) groups is 2. The van der Waals surface area contributed by atoms with Crippen LogP contribution in [0.3, 0.4) is 0 Å². The van der Waals surface area contributed by atoms with E-state index >= 15 is 0 Å². The zero-order chi connectivity index (χ0) is 24.4. The molecule has 2 N–H and O–H groups in total. The van der Waals surface area contributed by atoms with Crippen molar-refractivity contribution < 1.29 is 14.0 Å². The number of halogens is 1. The molecular formula is C27H20FN5O2. The van der Waals surface area contributed by atoms with E-state index in [0.717, 1.165) is 16.6 Å². The fourth-order valence-electron chi connectivity index (χ4n) is 3.68. The molecule has 172 valence electrons. The fourth-order valence-corrected chi connectivity index (χ4v) is 3.68. The van der Waals surface area contributed by atoms with E-state index in [-0.39, 0.29) is 11.5 Å². The summed E-state index contributed by atoms with van der Waals surface area (Å²) in [6, 6.07) is 21.9. The van der Waals surface area contributed by atoms with Crippen molar-refractivity contribution in [3.63, 3.8) is 0 Å². The molecule has 0 spiro atoms. The molecule has 0 aliphatic rings. The first-order valence-corrected chi connectivity index (χ1v) is 10.9. The number of hydrogen-bond acceptors (Lipinski definition) is 4. The Morgan fingerprint density at radius 1 is 0.857 bits per heavy atom. The lowest BCUT2D eigenvalue weighted by Gasteiger charge is -2.12. The smallest absolute Gasteiger partial charge is 0.258 e. The van der Waals surface area contributed by atoms with E-state index < -0.39 is 11.7 Å². The molecule has 8 heteroatoms. The van der Waals surface area contributed by atoms with Gasteiger partial charge in [0.25, 0.3) is 11.8 Å². The standard InChI is InChI=1S/C27H20FN5O2/c1-17-10-11-18(14-23(17)32-27(35)20-6-2-3-7-21(20)28)26(34)31-19-12-13-25(29-15-19)33-16-30-22-8-4-5-9-24(22)33/h2-16H,1H3,(H,31,34)(H,32,35). The predicted molar refractivity (Wildman–Crippen MR) is 132 cm³/mol. The molecule has 0 atom stereocenters. The van der Waals surface area contributed by atoms with Gasteiger partial charge in [0.2, 0.25) is 0 Å². The van der Waals surface area contributed by atoms with Crippen LogP contribution in [0.25, 0.3) is 16.9 Å². The predicted octanol–water partition coefficient (Wildman–Crippen LogP) is 5.37. The van der Waals surface area contributed by atoms with Crippen molar-refractivity contribution in [2.45, 2.75) is 6.92 Å². The number of imidazole rings is 1. The van der Waals surface area contributed by atoms with E-state index in [4.69, 9.17) is 0 Å². The third kappa shape index (κ3) is 4.49. The van der Waals surface area contributed by atoms with Crippen LogP contribution in [0.4, 0.5) is 15.8 Å². The summed E-state index contributed by atoms with van der Waals surface area (Å²) in [5.74, 6) is -0.897. The summed E-state index contributed by atoms with van der Waals surface area (Å²) in [7, 11) is 0. The van der Waals surface area contributed by atoms with E-state index in [1.54, 1.807) is 55.8 Å². The number of hydrogen-bond donors (Lipinski definition) is 2. The summed E-state index contributed by atoms with van der Waals surface area (Å²) in [4.78, 5) is 34.2. The van der Waals surface area contributed by atoms with Gasteiger partial charge in [-0.15, -0.1) is 0 Å². The summed E-state index contributed by atoms with van der Waals surface area (Å²) in [6.45, 7) is 1.79. The molecule has 0 saturated heterocycles. The SMILES string of the molecule is Cc1ccc(C(=O)Nc2ccc(-n3cnc4ccccc43)nc2)cc1NC(=O)c1ccccc1F. The molecule has 2 amide bonds. The number of aromatic nitrogens is 3. The molecule has 0 unspecified atom stereocenters. The van der Waals surface area contributed by atoms with Gasteiger partial charge in [0, 0.05) is 11.3 Å². The Hall–Kier alpha value is -4.85. The second-order valence-corrected chi connectivity index (χ2v) is 7.93. The van der Waals surface area contributed by atoms with Gasteiger partial charge >= 0.3 is 0 Å². The molecule has 0 aliphatic heterocycles. The molecule has 35 heavy (non-hydrogen) atoms. The van der Waals surface area contributed by atoms with Gasteiger partial charge in [-0.05, 0) is 61.0 Å². The van der Waals surface area contributed by atoms with Crippen molar-refractivity contribution in [2.75, 3.05) is 10.6 Å². The quantitative estimate of drug-likeness (QED) is 0.365. The molecule has 0 fully saturated rings. The maximum absolute atomic E-state index is 14.0. The Kier molecular flexibility index (Phi) is 5.76. The zero-order valence-corrected chi connectivity index (χ0v) is 18.7. The molecule has 2 heterocycles. The van der Waals surface area contributed by atoms with E-state index in [1.807, 2.05) is 28.8 Å². The Balaban J connectivity index is 1.32. The highest BCUT2D eigenvalue weighted by molar-refractivity contribution is 6.07. The molecule has 0 bridgehead atoms. The van der Waals surface area contributed by atoms with Crippen molar-refractivity contribution in [3.05, 3.63) is 114 Å². The first-order valence-electron chi connectivity index (χ1n) is 10.9. The van der Waals surface area contributed by atoms with Crippen LogP contribution < -0.4 is 10.6 Å². The van der Waals surface area contributed by atoms with Gasteiger partial charge in [0.05, 0.1) is 28.5 Å². The van der Waals surface area contributed by atoms with Gasteiger partial charge in [-0.2, -0.15) is 0 Å². The molecule has 5 rings (SSSR count). The summed E-state index contributed by atoms with van der Waals surface area (Å²) in [5.41, 5.74) is 3.74. The summed E-state index contributed by atoms with van der Waals surface area (Å²) in [5, 5.41) is 5.49. The van der Waals surface area contributed by atoms with Crippen molar-refractivity contribution in [1.82, 2.24) is 14.5 Å². The number of aryl methyl sites for hydroxylation is 1. The van der Waals surface area contributed by atoms with Crippen LogP contribution in [0.2, 0.25) is 0 Å². The van der Waals surface area contributed by atoms with Crippen LogP contribution in [0, 0.1) is 12.7 Å². The van der Waals surface area contributed by atoms with Crippen LogP contribution in [0.1, 0.15) is 26.3 Å². The number of pyridine rings is 1. The highest BCUT2D eigenvalue weighted by atomic mass is 19.1. The molecule has 3 aromatic carbocycles. The normalized spacial score (nSPS) is 10.8. The van der Waals surface area contributed by atoms with Crippen molar-refractivity contribution in [1.29, 1.82) is 0 Å². The maximum atomic E-state index is 14.0. The van der Waals surface area contributed by atoms with Crippen LogP contribution in [0.5, 0.6) is 0 Å². The Bertz CT molecular complexity index is 1560. The third-order valence-electron chi connectivity index (χ3n) is 5.57. The molecule has 5 aromatic rings. The molecule has 0 saturated carbocycles. The minimum Gasteiger partial charge on any atom is -0.322 e. The Labute approximate surface area is 200 Å². The largest absolute Gasteiger partial charge is 0.322 e. The van der Waals surface area contributed by atoms with Gasteiger partial charge in [-0.25, -0.2) is 14.4 Å². The average molecular weight is 465 g/mol. The summed E-state index contributed by atoms with van der Waals surface area (Å²) >= 11 is 0. The van der Waals surface area contributed by atoms with Crippen LogP contribution in [-0.2, 0) is 0 Å². The first kappa shape index (κ1) is 22.0. The molecular weight excluding hydrogens is 445 g/mol. The monoisotopic (exact) mass is 465 g/mol. The Morgan fingerprint density at radius 3 is 2.46 bits per heavy atom. The lowest BCUT2D eigenvalue weighted by Crippen LogP contribution is -2.16. The number of nitrogens with zero attached hydrogens (tertiary/aromatic N) is 3. The third-order valence-corrected chi connectivity index (χ3v) is 5.57. The van der Waals surface area contributed by atoms with E-state index in [9.17, 15) is 14.0 Å². The number of benzene rings is 3. The van der Waals surface area contributed by atoms with Crippen molar-refractivity contribution in [3.8, 4) is 5.82 Å². The van der Waals surface area contributed by atoms with Gasteiger partial charge in [0.15, 0.2) is 0 Å². The number of nitrogens with one attached hydrogen (secondary N) is 2. The number of rotatable bonds is 5. The van der Waals surface area contributed by atoms with Crippen molar-refractivity contribution >= 4 is 34.2 Å². The van der Waals surface area contributed by atoms with E-state index in [1.165, 1.54) is 18.2 Å². The number of anilines is 2. The highest BCUT2D eigenvalue weighted by Gasteiger charge is 2.14. The van der Waals surface area contributed by atoms with Crippen LogP contribution >= 0.6 is 0 Å². The molecule has 2 aromatic heterocycles. The van der Waals surface area contributed by atoms with Crippen molar-refractivity contribution in [2.24, 2.45) is 0 Å². The second kappa shape index (κ2) is 9.18. The van der Waals surface area contributed by atoms with E-state index in [0.29, 0.717) is 22.8 Å². The van der Waals surface area contributed by atoms with Gasteiger partial charge in [0.1, 0.15) is 18.0 Å². The number of fused-ring (bicyclic) bond motifs is 1. The minimum absolute atomic E-state index is 0.0708. The molecule has 7 nitrogen and oxygen atoms in total. The number of amides is 2. The zero-order valence-electron chi connectivity index (χ0n) is 18.7. The molecule has 0 radical (unpaired) electrons. The van der Waals surface area contributed by atoms with Gasteiger partial charge in [-0.1, -0.05) is 30.3 Å². The number of carbonyl (C=O) groups excluding carboxylic acids is 2. The minimum atomic E-state index is -0.615. The summed E-state index contributed by atoms with van der Waals surface area (Å²) in [6.07, 6.45) is 3.27. The molecule has 0 aliphatic carbocycles. The first-order chi connectivity index (χ1) is 17.0. The number of para-hydroxylation sites is 2. The lowest BCUT2D eigenvalue weighted by molar-refractivity contribution is 0.101.